The molecule has 3 rings (SSSR count). The number of halogens is 2. The molecule has 1 saturated carbocycles. The molecule has 0 bridgehead atoms. The molecule has 1 aliphatic heterocycles. The number of fused-ring (bicyclic) bond motifs is 1. The maximum atomic E-state index is 6.27. The summed E-state index contributed by atoms with van der Waals surface area (Å²) in [5.74, 6) is 1.93. The maximum absolute atomic E-state index is 6.27. The molecule has 1 atom stereocenters. The van der Waals surface area contributed by atoms with Crippen molar-refractivity contribution in [1.29, 1.82) is 0 Å². The Balaban J connectivity index is 1.75. The third-order valence-corrected chi connectivity index (χ3v) is 5.71. The highest BCUT2D eigenvalue weighted by atomic mass is 79.9. The third-order valence-electron chi connectivity index (χ3n) is 4.63. The Hall–Kier alpha value is -0.210. The Bertz CT molecular complexity index is 466. The number of benzene rings is 1. The van der Waals surface area contributed by atoms with Gasteiger partial charge in [0.05, 0.1) is 6.61 Å². The van der Waals surface area contributed by atoms with Crippen molar-refractivity contribution in [3.05, 3.63) is 28.3 Å². The fourth-order valence-corrected chi connectivity index (χ4v) is 4.67. The van der Waals surface area contributed by atoms with Crippen LogP contribution in [-0.2, 0) is 6.42 Å². The maximum Gasteiger partial charge on any atom is 0.127 e. The van der Waals surface area contributed by atoms with Gasteiger partial charge in [-0.2, -0.15) is 0 Å². The van der Waals surface area contributed by atoms with Crippen molar-refractivity contribution in [3.63, 3.8) is 0 Å². The molecule has 1 heterocycles. The summed E-state index contributed by atoms with van der Waals surface area (Å²) in [6.07, 6.45) is 10.6. The van der Waals surface area contributed by atoms with Crippen LogP contribution in [0.1, 0.15) is 60.9 Å². The first-order valence-electron chi connectivity index (χ1n) is 7.83. The molecule has 2 aliphatic rings. The summed E-state index contributed by atoms with van der Waals surface area (Å²) in [7, 11) is 0. The van der Waals surface area contributed by atoms with Gasteiger partial charge in [-0.15, -0.1) is 0 Å². The second-order valence-corrected chi connectivity index (χ2v) is 7.68. The molecular weight excluding hydrogens is 336 g/mol. The molecule has 0 aromatic heterocycles. The molecule has 0 amide bonds. The van der Waals surface area contributed by atoms with Crippen LogP contribution in [0, 0.1) is 5.92 Å². The highest BCUT2D eigenvalue weighted by molar-refractivity contribution is 9.09. The predicted octanol–water partition coefficient (Wildman–Crippen LogP) is 6.07. The summed E-state index contributed by atoms with van der Waals surface area (Å²) in [5, 5.41) is 0.842. The molecule has 20 heavy (non-hydrogen) atoms. The molecule has 0 spiro atoms. The van der Waals surface area contributed by atoms with Gasteiger partial charge in [-0.1, -0.05) is 66.1 Å². The van der Waals surface area contributed by atoms with Crippen molar-refractivity contribution >= 4 is 27.5 Å². The summed E-state index contributed by atoms with van der Waals surface area (Å²) in [5.41, 5.74) is 2.53. The smallest absolute Gasteiger partial charge is 0.127 e. The first-order chi connectivity index (χ1) is 9.74. The minimum absolute atomic E-state index is 0.371. The number of hydrogen-bond acceptors (Lipinski definition) is 1. The number of alkyl halides is 1. The van der Waals surface area contributed by atoms with Gasteiger partial charge in [-0.05, 0) is 30.0 Å². The molecule has 0 radical (unpaired) electrons. The van der Waals surface area contributed by atoms with Gasteiger partial charge in [0.2, 0.25) is 0 Å². The monoisotopic (exact) mass is 356 g/mol. The van der Waals surface area contributed by atoms with E-state index in [4.69, 9.17) is 16.3 Å². The zero-order valence-corrected chi connectivity index (χ0v) is 14.2. The van der Waals surface area contributed by atoms with Gasteiger partial charge in [-0.25, -0.2) is 0 Å². The van der Waals surface area contributed by atoms with Crippen molar-refractivity contribution < 1.29 is 4.74 Å². The van der Waals surface area contributed by atoms with E-state index in [1.54, 1.807) is 0 Å². The van der Waals surface area contributed by atoms with E-state index in [-0.39, 0.29) is 0 Å². The Morgan fingerprint density at radius 3 is 2.70 bits per heavy atom. The molecule has 1 fully saturated rings. The van der Waals surface area contributed by atoms with Crippen molar-refractivity contribution in [2.45, 2.75) is 56.2 Å². The number of ether oxygens (including phenoxy) is 1. The fraction of sp³-hybridized carbons (Fsp3) is 0.647. The lowest BCUT2D eigenvalue weighted by molar-refractivity contribution is 0.350. The molecule has 1 nitrogen and oxygen atoms in total. The fourth-order valence-electron chi connectivity index (χ4n) is 3.55. The summed E-state index contributed by atoms with van der Waals surface area (Å²) in [6, 6.07) is 4.14. The zero-order valence-electron chi connectivity index (χ0n) is 11.8. The van der Waals surface area contributed by atoms with E-state index >= 15 is 0 Å². The zero-order chi connectivity index (χ0) is 13.9. The average Bonchev–Trinajstić information content (AvgIpc) is 2.74. The third kappa shape index (κ3) is 3.33. The van der Waals surface area contributed by atoms with Gasteiger partial charge in [0, 0.05) is 21.8 Å². The molecule has 1 aromatic carbocycles. The molecule has 0 N–H and O–H groups in total. The van der Waals surface area contributed by atoms with Crippen LogP contribution in [0.25, 0.3) is 0 Å². The summed E-state index contributed by atoms with van der Waals surface area (Å²) < 4.78 is 5.83. The average molecular weight is 358 g/mol. The van der Waals surface area contributed by atoms with Crippen LogP contribution in [0.4, 0.5) is 0 Å². The molecule has 1 unspecified atom stereocenters. The lowest BCUT2D eigenvalue weighted by Gasteiger charge is -2.20. The van der Waals surface area contributed by atoms with Crippen LogP contribution < -0.4 is 4.74 Å². The van der Waals surface area contributed by atoms with Gasteiger partial charge < -0.3 is 4.74 Å². The van der Waals surface area contributed by atoms with Crippen LogP contribution in [0.5, 0.6) is 5.75 Å². The van der Waals surface area contributed by atoms with Crippen LogP contribution in [0.3, 0.4) is 0 Å². The van der Waals surface area contributed by atoms with E-state index < -0.39 is 0 Å². The van der Waals surface area contributed by atoms with Gasteiger partial charge >= 0.3 is 0 Å². The van der Waals surface area contributed by atoms with Crippen molar-refractivity contribution in [1.82, 2.24) is 0 Å². The highest BCUT2D eigenvalue weighted by Crippen LogP contribution is 2.43. The van der Waals surface area contributed by atoms with Crippen molar-refractivity contribution in [2.24, 2.45) is 5.92 Å². The lowest BCUT2D eigenvalue weighted by Crippen LogP contribution is -2.04. The predicted molar refractivity (Wildman–Crippen MR) is 88.1 cm³/mol. The van der Waals surface area contributed by atoms with Crippen LogP contribution in [0.15, 0.2) is 12.1 Å². The van der Waals surface area contributed by atoms with Crippen LogP contribution >= 0.6 is 27.5 Å². The van der Waals surface area contributed by atoms with E-state index in [1.165, 1.54) is 56.1 Å². The number of hydrogen-bond donors (Lipinski definition) is 0. The standard InChI is InChI=1S/C17H22BrClO/c18-16(9-12-5-3-1-2-4-6-12)15-11-14(19)10-13-7-8-20-17(13)15/h10-12,16H,1-9H2. The molecule has 0 saturated heterocycles. The number of rotatable bonds is 3. The van der Waals surface area contributed by atoms with E-state index in [9.17, 15) is 0 Å². The first-order valence-corrected chi connectivity index (χ1v) is 9.12. The quantitative estimate of drug-likeness (QED) is 0.471. The molecule has 1 aromatic rings. The summed E-state index contributed by atoms with van der Waals surface area (Å²) in [6.45, 7) is 0.797. The largest absolute Gasteiger partial charge is 0.493 e. The minimum Gasteiger partial charge on any atom is -0.493 e. The highest BCUT2D eigenvalue weighted by Gasteiger charge is 2.24. The summed E-state index contributed by atoms with van der Waals surface area (Å²) in [4.78, 5) is 0.371. The van der Waals surface area contributed by atoms with E-state index in [0.717, 1.165) is 29.7 Å². The van der Waals surface area contributed by atoms with Crippen molar-refractivity contribution in [2.75, 3.05) is 6.61 Å². The minimum atomic E-state index is 0.371. The van der Waals surface area contributed by atoms with E-state index in [1.807, 2.05) is 0 Å². The van der Waals surface area contributed by atoms with Gasteiger partial charge in [0.1, 0.15) is 5.75 Å². The van der Waals surface area contributed by atoms with E-state index in [0.29, 0.717) is 4.83 Å². The summed E-state index contributed by atoms with van der Waals surface area (Å²) >= 11 is 10.2. The van der Waals surface area contributed by atoms with Gasteiger partial charge in [0.25, 0.3) is 0 Å². The first kappa shape index (κ1) is 14.7. The molecular formula is C17H22BrClO. The van der Waals surface area contributed by atoms with Crippen LogP contribution in [0.2, 0.25) is 5.02 Å². The Labute approximate surface area is 135 Å². The topological polar surface area (TPSA) is 9.23 Å². The lowest BCUT2D eigenvalue weighted by atomic mass is 9.92. The Morgan fingerprint density at radius 1 is 1.20 bits per heavy atom. The molecule has 110 valence electrons. The second-order valence-electron chi connectivity index (χ2n) is 6.14. The van der Waals surface area contributed by atoms with E-state index in [2.05, 4.69) is 28.1 Å². The Morgan fingerprint density at radius 2 is 1.95 bits per heavy atom. The Kier molecular flexibility index (Phi) is 4.93. The normalized spacial score (nSPS) is 21.1. The van der Waals surface area contributed by atoms with Gasteiger partial charge in [0.15, 0.2) is 0 Å². The van der Waals surface area contributed by atoms with Gasteiger partial charge in [-0.3, -0.25) is 0 Å². The molecule has 1 aliphatic carbocycles. The van der Waals surface area contributed by atoms with Crippen LogP contribution in [-0.4, -0.2) is 6.61 Å². The molecule has 3 heteroatoms. The second kappa shape index (κ2) is 6.70. The van der Waals surface area contributed by atoms with Crippen molar-refractivity contribution in [3.8, 4) is 5.75 Å². The SMILES string of the molecule is Clc1cc2c(c(C(Br)CC3CCCCCC3)c1)OCC2.